The smallest absolute Gasteiger partial charge is 0.316 e. The van der Waals surface area contributed by atoms with Crippen LogP contribution in [-0.4, -0.2) is 21.6 Å². The van der Waals surface area contributed by atoms with Crippen LogP contribution >= 0.6 is 12.2 Å². The van der Waals surface area contributed by atoms with E-state index in [1.165, 1.54) is 0 Å². The summed E-state index contributed by atoms with van der Waals surface area (Å²) in [5.41, 5.74) is 6.02. The second-order valence-corrected chi connectivity index (χ2v) is 4.23. The second kappa shape index (κ2) is 6.37. The number of hydrogen-bond acceptors (Lipinski definition) is 4. The largest absolute Gasteiger partial charge is 0.463 e. The van der Waals surface area contributed by atoms with E-state index in [9.17, 15) is 0 Å². The molecule has 0 saturated carbocycles. The summed E-state index contributed by atoms with van der Waals surface area (Å²) in [4.78, 5) is 8.37. The molecule has 1 aromatic heterocycles. The fourth-order valence-corrected chi connectivity index (χ4v) is 1.45. The van der Waals surface area contributed by atoms with Gasteiger partial charge < -0.3 is 10.5 Å². The Morgan fingerprint density at radius 3 is 3.00 bits per heavy atom. The predicted molar refractivity (Wildman–Crippen MR) is 67.5 cm³/mol. The number of nitrogens with zero attached hydrogens (tertiary/aromatic N) is 2. The SMILES string of the molecule is CCCC(C)COc1nccc(C(N)=S)n1. The Kier molecular flexibility index (Phi) is 5.11. The summed E-state index contributed by atoms with van der Waals surface area (Å²) in [6.45, 7) is 4.91. The first kappa shape index (κ1) is 12.8. The minimum absolute atomic E-state index is 0.258. The molecule has 1 rings (SSSR count). The number of aromatic nitrogens is 2. The molecule has 0 aliphatic carbocycles. The van der Waals surface area contributed by atoms with Crippen LogP contribution in [-0.2, 0) is 0 Å². The summed E-state index contributed by atoms with van der Waals surface area (Å²) in [6, 6.07) is 2.01. The van der Waals surface area contributed by atoms with Gasteiger partial charge in [-0.2, -0.15) is 4.98 Å². The van der Waals surface area contributed by atoms with Crippen LogP contribution < -0.4 is 10.5 Å². The lowest BCUT2D eigenvalue weighted by molar-refractivity contribution is 0.233. The van der Waals surface area contributed by atoms with Gasteiger partial charge in [0.15, 0.2) is 0 Å². The van der Waals surface area contributed by atoms with Crippen LogP contribution in [0.4, 0.5) is 0 Å². The van der Waals surface area contributed by atoms with Crippen molar-refractivity contribution in [2.75, 3.05) is 6.61 Å². The van der Waals surface area contributed by atoms with E-state index in [1.54, 1.807) is 12.3 Å². The van der Waals surface area contributed by atoms with Crippen LogP contribution in [0.2, 0.25) is 0 Å². The van der Waals surface area contributed by atoms with Gasteiger partial charge in [-0.3, -0.25) is 0 Å². The molecule has 16 heavy (non-hydrogen) atoms. The third-order valence-corrected chi connectivity index (χ3v) is 2.37. The first-order valence-electron chi connectivity index (χ1n) is 5.39. The highest BCUT2D eigenvalue weighted by molar-refractivity contribution is 7.80. The molecule has 0 fully saturated rings. The number of nitrogens with two attached hydrogens (primary N) is 1. The van der Waals surface area contributed by atoms with Crippen LogP contribution in [0.1, 0.15) is 32.4 Å². The van der Waals surface area contributed by atoms with Crippen molar-refractivity contribution in [3.63, 3.8) is 0 Å². The minimum atomic E-state index is 0.258. The van der Waals surface area contributed by atoms with Crippen molar-refractivity contribution in [2.24, 2.45) is 11.7 Å². The van der Waals surface area contributed by atoms with E-state index in [2.05, 4.69) is 23.8 Å². The molecule has 1 unspecified atom stereocenters. The second-order valence-electron chi connectivity index (χ2n) is 3.79. The number of thiocarbonyl (C=S) groups is 1. The number of hydrogen-bond donors (Lipinski definition) is 1. The van der Waals surface area contributed by atoms with Crippen molar-refractivity contribution in [1.82, 2.24) is 9.97 Å². The average Bonchev–Trinajstić information content (AvgIpc) is 2.27. The van der Waals surface area contributed by atoms with E-state index in [-0.39, 0.29) is 4.99 Å². The van der Waals surface area contributed by atoms with Crippen molar-refractivity contribution in [2.45, 2.75) is 26.7 Å². The molecule has 0 spiro atoms. The Morgan fingerprint density at radius 1 is 1.62 bits per heavy atom. The fourth-order valence-electron chi connectivity index (χ4n) is 1.34. The van der Waals surface area contributed by atoms with E-state index in [1.807, 2.05) is 0 Å². The van der Waals surface area contributed by atoms with E-state index in [0.29, 0.717) is 24.2 Å². The van der Waals surface area contributed by atoms with Crippen LogP contribution in [0, 0.1) is 5.92 Å². The van der Waals surface area contributed by atoms with Gasteiger partial charge >= 0.3 is 6.01 Å². The lowest BCUT2D eigenvalue weighted by Crippen LogP contribution is -2.14. The van der Waals surface area contributed by atoms with Gasteiger partial charge in [-0.15, -0.1) is 0 Å². The van der Waals surface area contributed by atoms with Gasteiger partial charge in [0, 0.05) is 6.20 Å². The third kappa shape index (κ3) is 4.10. The first-order chi connectivity index (χ1) is 7.63. The lowest BCUT2D eigenvalue weighted by Gasteiger charge is -2.10. The zero-order valence-corrected chi connectivity index (χ0v) is 10.5. The Labute approximate surface area is 101 Å². The van der Waals surface area contributed by atoms with E-state index >= 15 is 0 Å². The quantitative estimate of drug-likeness (QED) is 0.769. The highest BCUT2D eigenvalue weighted by Gasteiger charge is 2.05. The Hall–Kier alpha value is -1.23. The Bertz CT molecular complexity index is 357. The van der Waals surface area contributed by atoms with Crippen molar-refractivity contribution in [3.8, 4) is 6.01 Å². The fraction of sp³-hybridized carbons (Fsp3) is 0.545. The Balaban J connectivity index is 2.54. The molecule has 0 aliphatic heterocycles. The lowest BCUT2D eigenvalue weighted by atomic mass is 10.1. The summed E-state index contributed by atoms with van der Waals surface area (Å²) < 4.78 is 5.47. The van der Waals surface area contributed by atoms with Gasteiger partial charge in [-0.25, -0.2) is 4.98 Å². The van der Waals surface area contributed by atoms with Gasteiger partial charge in [0.05, 0.1) is 6.61 Å². The topological polar surface area (TPSA) is 61.0 Å². The molecular weight excluding hydrogens is 222 g/mol. The first-order valence-corrected chi connectivity index (χ1v) is 5.80. The number of rotatable bonds is 6. The normalized spacial score (nSPS) is 12.1. The maximum absolute atomic E-state index is 5.47. The van der Waals surface area contributed by atoms with E-state index < -0.39 is 0 Å². The molecule has 1 aromatic rings. The summed E-state index contributed by atoms with van der Waals surface area (Å²) in [6.07, 6.45) is 3.88. The Morgan fingerprint density at radius 2 is 2.38 bits per heavy atom. The van der Waals surface area contributed by atoms with Crippen molar-refractivity contribution < 1.29 is 4.74 Å². The molecule has 0 amide bonds. The molecule has 0 aromatic carbocycles. The van der Waals surface area contributed by atoms with Crippen LogP contribution in [0.5, 0.6) is 6.01 Å². The van der Waals surface area contributed by atoms with Crippen molar-refractivity contribution >= 4 is 17.2 Å². The summed E-state index contributed by atoms with van der Waals surface area (Å²) in [7, 11) is 0. The third-order valence-electron chi connectivity index (χ3n) is 2.16. The molecule has 1 heterocycles. The minimum Gasteiger partial charge on any atom is -0.463 e. The van der Waals surface area contributed by atoms with Crippen LogP contribution in [0.15, 0.2) is 12.3 Å². The summed E-state index contributed by atoms with van der Waals surface area (Å²) in [5.74, 6) is 0.502. The van der Waals surface area contributed by atoms with Gasteiger partial charge in [0.25, 0.3) is 0 Å². The van der Waals surface area contributed by atoms with Crippen LogP contribution in [0.25, 0.3) is 0 Å². The molecule has 0 saturated heterocycles. The molecule has 0 radical (unpaired) electrons. The zero-order chi connectivity index (χ0) is 12.0. The van der Waals surface area contributed by atoms with E-state index in [0.717, 1.165) is 12.8 Å². The maximum Gasteiger partial charge on any atom is 0.316 e. The van der Waals surface area contributed by atoms with Gasteiger partial charge in [0.1, 0.15) is 10.7 Å². The molecule has 1 atom stereocenters. The zero-order valence-electron chi connectivity index (χ0n) is 9.64. The molecule has 0 aliphatic rings. The monoisotopic (exact) mass is 239 g/mol. The highest BCUT2D eigenvalue weighted by atomic mass is 32.1. The molecule has 5 heteroatoms. The molecule has 88 valence electrons. The van der Waals surface area contributed by atoms with Crippen molar-refractivity contribution in [1.29, 1.82) is 0 Å². The number of ether oxygens (including phenoxy) is 1. The standard InChI is InChI=1S/C11H17N3OS/c1-3-4-8(2)7-15-11-13-6-5-9(14-11)10(12)16/h5-6,8H,3-4,7H2,1-2H3,(H2,12,16). The van der Waals surface area contributed by atoms with Gasteiger partial charge in [-0.1, -0.05) is 32.5 Å². The van der Waals surface area contributed by atoms with Crippen molar-refractivity contribution in [3.05, 3.63) is 18.0 Å². The molecular formula is C11H17N3OS. The average molecular weight is 239 g/mol. The molecule has 2 N–H and O–H groups in total. The molecule has 0 bridgehead atoms. The van der Waals surface area contributed by atoms with E-state index in [4.69, 9.17) is 22.7 Å². The highest BCUT2D eigenvalue weighted by Crippen LogP contribution is 2.08. The van der Waals surface area contributed by atoms with Crippen LogP contribution in [0.3, 0.4) is 0 Å². The van der Waals surface area contributed by atoms with Gasteiger partial charge in [-0.05, 0) is 18.4 Å². The summed E-state index contributed by atoms with van der Waals surface area (Å²) in [5, 5.41) is 0. The predicted octanol–water partition coefficient (Wildman–Crippen LogP) is 1.93. The summed E-state index contributed by atoms with van der Waals surface area (Å²) >= 11 is 4.83. The molecule has 4 nitrogen and oxygen atoms in total. The van der Waals surface area contributed by atoms with Gasteiger partial charge in [0.2, 0.25) is 0 Å². The maximum atomic E-state index is 5.47.